The summed E-state index contributed by atoms with van der Waals surface area (Å²) in [7, 11) is -1.15. The fourth-order valence-electron chi connectivity index (χ4n) is 6.85. The third kappa shape index (κ3) is 7.48. The van der Waals surface area contributed by atoms with Gasteiger partial charge in [0, 0.05) is 33.2 Å². The van der Waals surface area contributed by atoms with Gasteiger partial charge in [-0.25, -0.2) is 13.2 Å². The molecule has 41 heavy (non-hydrogen) atoms. The van der Waals surface area contributed by atoms with Crippen LogP contribution in [0, 0.1) is 22.7 Å². The summed E-state index contributed by atoms with van der Waals surface area (Å²) < 4.78 is 67.2. The van der Waals surface area contributed by atoms with E-state index in [0.717, 1.165) is 17.4 Å². The molecule has 2 aliphatic rings. The number of hydrogen-bond donors (Lipinski definition) is 1. The Balaban J connectivity index is 1.81. The standard InChI is InChI=1S/C28H41ClF3N3O5S/c1-26(2,3)16-27(4,5)13-22(34(7)25(37)38)24(36)33(6)21-10-8-17-14-35(15-19(17)21)41(39,40)23-11-9-18(12-20(23)29)28(30,31)32/h9,11-12,17,19,21-22H,8,10,13-16H2,1-7H3,(H,37,38)/t17-,19+,21+,22+/m1/s1. The van der Waals surface area contributed by atoms with Gasteiger partial charge in [-0.15, -0.1) is 0 Å². The number of alkyl halides is 3. The monoisotopic (exact) mass is 623 g/mol. The lowest BCUT2D eigenvalue weighted by Crippen LogP contribution is -2.53. The summed E-state index contributed by atoms with van der Waals surface area (Å²) in [4.78, 5) is 28.0. The zero-order valence-electron chi connectivity index (χ0n) is 24.6. The molecule has 1 aliphatic carbocycles. The molecule has 1 aliphatic heterocycles. The van der Waals surface area contributed by atoms with E-state index < -0.39 is 43.8 Å². The summed E-state index contributed by atoms with van der Waals surface area (Å²) in [5.74, 6) is -0.592. The van der Waals surface area contributed by atoms with Crippen molar-refractivity contribution in [1.82, 2.24) is 14.1 Å². The third-order valence-corrected chi connectivity index (χ3v) is 10.6. The fraction of sp³-hybridized carbons (Fsp3) is 0.714. The van der Waals surface area contributed by atoms with E-state index in [-0.39, 0.29) is 47.7 Å². The van der Waals surface area contributed by atoms with Crippen molar-refractivity contribution in [2.24, 2.45) is 22.7 Å². The summed E-state index contributed by atoms with van der Waals surface area (Å²) in [5.41, 5.74) is -1.40. The van der Waals surface area contributed by atoms with Gasteiger partial charge in [-0.2, -0.15) is 17.5 Å². The number of carboxylic acid groups (broad SMARTS) is 1. The van der Waals surface area contributed by atoms with Crippen LogP contribution in [0.25, 0.3) is 0 Å². The maximum Gasteiger partial charge on any atom is 0.416 e. The van der Waals surface area contributed by atoms with Crippen molar-refractivity contribution >= 4 is 33.6 Å². The van der Waals surface area contributed by atoms with Crippen LogP contribution >= 0.6 is 11.6 Å². The average Bonchev–Trinajstić information content (AvgIpc) is 3.40. The molecule has 2 fully saturated rings. The van der Waals surface area contributed by atoms with Gasteiger partial charge in [0.25, 0.3) is 0 Å². The van der Waals surface area contributed by atoms with E-state index in [1.165, 1.54) is 11.4 Å². The molecule has 0 spiro atoms. The highest BCUT2D eigenvalue weighted by Gasteiger charge is 2.50. The van der Waals surface area contributed by atoms with E-state index in [0.29, 0.717) is 31.4 Å². The van der Waals surface area contributed by atoms with Crippen molar-refractivity contribution in [2.75, 3.05) is 27.2 Å². The zero-order valence-corrected chi connectivity index (χ0v) is 26.2. The molecule has 1 aromatic carbocycles. The molecule has 2 amide bonds. The van der Waals surface area contributed by atoms with Crippen molar-refractivity contribution < 1.29 is 36.3 Å². The molecular formula is C28H41ClF3N3O5S. The van der Waals surface area contributed by atoms with Gasteiger partial charge in [-0.3, -0.25) is 9.69 Å². The Kier molecular flexibility index (Phi) is 9.43. The maximum atomic E-state index is 13.8. The first kappa shape index (κ1) is 33.5. The van der Waals surface area contributed by atoms with E-state index in [1.54, 1.807) is 11.9 Å². The van der Waals surface area contributed by atoms with Crippen LogP contribution in [-0.2, 0) is 21.0 Å². The second kappa shape index (κ2) is 11.6. The zero-order chi connectivity index (χ0) is 31.3. The Morgan fingerprint density at radius 3 is 2.22 bits per heavy atom. The fourth-order valence-corrected chi connectivity index (χ4v) is 8.90. The largest absolute Gasteiger partial charge is 0.465 e. The Morgan fingerprint density at radius 1 is 1.10 bits per heavy atom. The minimum absolute atomic E-state index is 0.0295. The smallest absolute Gasteiger partial charge is 0.416 e. The lowest BCUT2D eigenvalue weighted by Gasteiger charge is -2.40. The SMILES string of the molecule is CN(C(=O)O)[C@@H](CC(C)(C)CC(C)(C)C)C(=O)N(C)[C@H]1CC[C@@H]2CN(S(=O)(=O)c3ccc(C(F)(F)F)cc3Cl)C[C@@H]21. The molecule has 3 rings (SSSR count). The van der Waals surface area contributed by atoms with Crippen LogP contribution in [-0.4, -0.2) is 78.9 Å². The number of benzene rings is 1. The first-order valence-electron chi connectivity index (χ1n) is 13.6. The molecule has 0 bridgehead atoms. The Morgan fingerprint density at radius 2 is 1.71 bits per heavy atom. The predicted molar refractivity (Wildman–Crippen MR) is 150 cm³/mol. The summed E-state index contributed by atoms with van der Waals surface area (Å²) in [6, 6.07) is 0.964. The Bertz CT molecular complexity index is 1270. The van der Waals surface area contributed by atoms with Crippen LogP contribution in [0.15, 0.2) is 23.1 Å². The van der Waals surface area contributed by atoms with Crippen molar-refractivity contribution in [3.63, 3.8) is 0 Å². The number of amides is 2. The van der Waals surface area contributed by atoms with E-state index in [2.05, 4.69) is 20.8 Å². The summed E-state index contributed by atoms with van der Waals surface area (Å²) in [5, 5.41) is 9.25. The minimum Gasteiger partial charge on any atom is -0.465 e. The van der Waals surface area contributed by atoms with Crippen LogP contribution < -0.4 is 0 Å². The molecule has 1 aromatic rings. The molecule has 0 aromatic heterocycles. The molecule has 8 nitrogen and oxygen atoms in total. The second-order valence-corrected chi connectivity index (χ2v) is 15.8. The highest BCUT2D eigenvalue weighted by atomic mass is 35.5. The van der Waals surface area contributed by atoms with Gasteiger partial charge < -0.3 is 10.0 Å². The predicted octanol–water partition coefficient (Wildman–Crippen LogP) is 6.05. The number of carbonyl (C=O) groups excluding carboxylic acids is 1. The normalized spacial score (nSPS) is 22.9. The number of fused-ring (bicyclic) bond motifs is 1. The third-order valence-electron chi connectivity index (χ3n) is 8.32. The summed E-state index contributed by atoms with van der Waals surface area (Å²) in [6.45, 7) is 10.6. The second-order valence-electron chi connectivity index (χ2n) is 13.5. The number of halogens is 4. The van der Waals surface area contributed by atoms with Crippen LogP contribution in [0.2, 0.25) is 5.02 Å². The quantitative estimate of drug-likeness (QED) is 0.380. The van der Waals surface area contributed by atoms with Crippen molar-refractivity contribution in [3.8, 4) is 0 Å². The Labute approximate surface area is 245 Å². The number of rotatable bonds is 8. The molecule has 1 saturated heterocycles. The average molecular weight is 624 g/mol. The summed E-state index contributed by atoms with van der Waals surface area (Å²) in [6.07, 6.45) is -3.47. The lowest BCUT2D eigenvalue weighted by atomic mass is 9.72. The van der Waals surface area contributed by atoms with E-state index >= 15 is 0 Å². The van der Waals surface area contributed by atoms with E-state index in [4.69, 9.17) is 11.6 Å². The molecule has 13 heteroatoms. The molecule has 1 heterocycles. The van der Waals surface area contributed by atoms with Crippen LogP contribution in [0.3, 0.4) is 0 Å². The van der Waals surface area contributed by atoms with Crippen molar-refractivity contribution in [3.05, 3.63) is 28.8 Å². The number of hydrogen-bond acceptors (Lipinski definition) is 4. The van der Waals surface area contributed by atoms with Gasteiger partial charge in [0.15, 0.2) is 0 Å². The molecule has 1 N–H and O–H groups in total. The lowest BCUT2D eigenvalue weighted by molar-refractivity contribution is -0.139. The number of sulfonamides is 1. The number of likely N-dealkylation sites (N-methyl/N-ethyl adjacent to an activating group) is 2. The van der Waals surface area contributed by atoms with Crippen molar-refractivity contribution in [1.29, 1.82) is 0 Å². The molecule has 1 saturated carbocycles. The Hall–Kier alpha value is -2.05. The first-order chi connectivity index (χ1) is 18.5. The molecule has 232 valence electrons. The molecular weight excluding hydrogens is 583 g/mol. The van der Waals surface area contributed by atoms with Gasteiger partial charge in [0.1, 0.15) is 10.9 Å². The maximum absolute atomic E-state index is 13.8. The van der Waals surface area contributed by atoms with E-state index in [9.17, 15) is 36.3 Å². The first-order valence-corrected chi connectivity index (χ1v) is 15.5. The van der Waals surface area contributed by atoms with Crippen molar-refractivity contribution in [2.45, 2.75) is 83.5 Å². The highest BCUT2D eigenvalue weighted by Crippen LogP contribution is 2.44. The van der Waals surface area contributed by atoms with Crippen LogP contribution in [0.5, 0.6) is 0 Å². The van der Waals surface area contributed by atoms with Crippen LogP contribution in [0.4, 0.5) is 18.0 Å². The molecule has 0 unspecified atom stereocenters. The number of carbonyl (C=O) groups is 2. The topological polar surface area (TPSA) is 98.2 Å². The molecule has 0 radical (unpaired) electrons. The van der Waals surface area contributed by atoms with Gasteiger partial charge in [-0.05, 0) is 66.5 Å². The van der Waals surface area contributed by atoms with Crippen LogP contribution in [0.1, 0.15) is 65.9 Å². The minimum atomic E-state index is -4.66. The van der Waals surface area contributed by atoms with Gasteiger partial charge in [0.2, 0.25) is 15.9 Å². The summed E-state index contributed by atoms with van der Waals surface area (Å²) >= 11 is 6.01. The van der Waals surface area contributed by atoms with E-state index in [1.807, 2.05) is 13.8 Å². The molecule has 4 atom stereocenters. The van der Waals surface area contributed by atoms with Gasteiger partial charge in [0.05, 0.1) is 10.6 Å². The van der Waals surface area contributed by atoms with Gasteiger partial charge >= 0.3 is 12.3 Å². The number of nitrogens with zero attached hydrogens (tertiary/aromatic N) is 3. The highest BCUT2D eigenvalue weighted by molar-refractivity contribution is 7.89. The van der Waals surface area contributed by atoms with Gasteiger partial charge in [-0.1, -0.05) is 46.2 Å².